The molecule has 3 aromatic rings. The van der Waals surface area contributed by atoms with Crippen molar-refractivity contribution in [2.24, 2.45) is 0 Å². The van der Waals surface area contributed by atoms with Crippen LogP contribution in [0.4, 0.5) is 0 Å². The quantitative estimate of drug-likeness (QED) is 0.720. The van der Waals surface area contributed by atoms with Crippen molar-refractivity contribution in [3.63, 3.8) is 0 Å². The molecule has 0 atom stereocenters. The van der Waals surface area contributed by atoms with E-state index in [1.165, 1.54) is 18.5 Å². The summed E-state index contributed by atoms with van der Waals surface area (Å²) in [6.07, 6.45) is 3.82. The molecular weight excluding hydrogens is 368 g/mol. The first-order valence-corrected chi connectivity index (χ1v) is 9.93. The monoisotopic (exact) mass is 386 g/mol. The van der Waals surface area contributed by atoms with Crippen molar-refractivity contribution < 1.29 is 17.9 Å². The van der Waals surface area contributed by atoms with Crippen LogP contribution in [0.3, 0.4) is 0 Å². The van der Waals surface area contributed by atoms with Gasteiger partial charge in [0.15, 0.2) is 11.5 Å². The maximum Gasteiger partial charge on any atom is 0.241 e. The molecule has 0 spiro atoms. The van der Waals surface area contributed by atoms with E-state index in [1.54, 1.807) is 17.1 Å². The Kier molecular flexibility index (Phi) is 4.78. The van der Waals surface area contributed by atoms with Gasteiger partial charge in [-0.1, -0.05) is 12.1 Å². The summed E-state index contributed by atoms with van der Waals surface area (Å²) in [6, 6.07) is 12.0. The Morgan fingerprint density at radius 2 is 1.81 bits per heavy atom. The summed E-state index contributed by atoms with van der Waals surface area (Å²) >= 11 is 0. The Morgan fingerprint density at radius 3 is 2.56 bits per heavy atom. The summed E-state index contributed by atoms with van der Waals surface area (Å²) < 4.78 is 40.5. The van der Waals surface area contributed by atoms with Gasteiger partial charge >= 0.3 is 0 Å². The summed E-state index contributed by atoms with van der Waals surface area (Å²) in [7, 11) is -3.67. The van der Waals surface area contributed by atoms with Crippen LogP contribution in [-0.4, -0.2) is 36.4 Å². The molecule has 9 heteroatoms. The number of nitrogens with zero attached hydrogens (tertiary/aromatic N) is 3. The fourth-order valence-corrected chi connectivity index (χ4v) is 3.71. The molecule has 1 N–H and O–H groups in total. The van der Waals surface area contributed by atoms with Gasteiger partial charge in [-0.05, 0) is 29.8 Å². The molecule has 4 rings (SSSR count). The number of rotatable bonds is 5. The first-order valence-electron chi connectivity index (χ1n) is 8.45. The molecule has 2 heterocycles. The molecule has 0 unspecified atom stereocenters. The molecule has 1 aliphatic heterocycles. The van der Waals surface area contributed by atoms with Gasteiger partial charge in [0.1, 0.15) is 12.7 Å². The fourth-order valence-electron chi connectivity index (χ4n) is 2.68. The highest BCUT2D eigenvalue weighted by molar-refractivity contribution is 7.89. The third-order valence-electron chi connectivity index (χ3n) is 4.12. The van der Waals surface area contributed by atoms with Gasteiger partial charge in [0.25, 0.3) is 0 Å². The summed E-state index contributed by atoms with van der Waals surface area (Å²) in [6.45, 7) is 1.23. The smallest absolute Gasteiger partial charge is 0.241 e. The second-order valence-electron chi connectivity index (χ2n) is 5.99. The number of fused-ring (bicyclic) bond motifs is 1. The van der Waals surface area contributed by atoms with Crippen LogP contribution in [0.25, 0.3) is 5.69 Å². The van der Waals surface area contributed by atoms with Gasteiger partial charge in [0, 0.05) is 19.0 Å². The summed E-state index contributed by atoms with van der Waals surface area (Å²) in [5, 5.41) is 4.05. The molecule has 0 amide bonds. The highest BCUT2D eigenvalue weighted by Gasteiger charge is 2.18. The van der Waals surface area contributed by atoms with Crippen molar-refractivity contribution in [1.29, 1.82) is 0 Å². The maximum absolute atomic E-state index is 12.6. The first-order chi connectivity index (χ1) is 13.1. The van der Waals surface area contributed by atoms with E-state index in [-0.39, 0.29) is 11.4 Å². The second-order valence-corrected chi connectivity index (χ2v) is 7.76. The van der Waals surface area contributed by atoms with Crippen molar-refractivity contribution in [3.05, 3.63) is 60.7 Å². The van der Waals surface area contributed by atoms with Crippen LogP contribution in [0.2, 0.25) is 0 Å². The first kappa shape index (κ1) is 17.5. The van der Waals surface area contributed by atoms with E-state index in [0.717, 1.165) is 17.7 Å². The molecule has 140 valence electrons. The van der Waals surface area contributed by atoms with E-state index in [2.05, 4.69) is 14.8 Å². The van der Waals surface area contributed by atoms with E-state index in [0.29, 0.717) is 24.7 Å². The zero-order chi connectivity index (χ0) is 18.7. The molecule has 0 saturated carbocycles. The lowest BCUT2D eigenvalue weighted by Crippen LogP contribution is -2.23. The highest BCUT2D eigenvalue weighted by atomic mass is 32.2. The molecule has 0 saturated heterocycles. The van der Waals surface area contributed by atoms with Crippen LogP contribution in [0.1, 0.15) is 12.0 Å². The van der Waals surface area contributed by atoms with E-state index < -0.39 is 10.0 Å². The average molecular weight is 386 g/mol. The molecule has 0 aliphatic carbocycles. The van der Waals surface area contributed by atoms with Crippen molar-refractivity contribution in [2.45, 2.75) is 17.9 Å². The second kappa shape index (κ2) is 7.37. The fraction of sp³-hybridized carbons (Fsp3) is 0.222. The third-order valence-corrected chi connectivity index (χ3v) is 5.51. The third kappa shape index (κ3) is 3.93. The predicted molar refractivity (Wildman–Crippen MR) is 97.4 cm³/mol. The summed E-state index contributed by atoms with van der Waals surface area (Å²) in [4.78, 5) is 4.05. The van der Waals surface area contributed by atoms with Crippen molar-refractivity contribution in [3.8, 4) is 17.2 Å². The van der Waals surface area contributed by atoms with Gasteiger partial charge in [-0.2, -0.15) is 5.10 Å². The molecule has 1 aliphatic rings. The topological polar surface area (TPSA) is 95.3 Å². The largest absolute Gasteiger partial charge is 0.490 e. The maximum atomic E-state index is 12.6. The molecule has 1 aromatic heterocycles. The molecule has 27 heavy (non-hydrogen) atoms. The number of ether oxygens (including phenoxy) is 2. The van der Waals surface area contributed by atoms with Crippen LogP contribution in [0.5, 0.6) is 11.5 Å². The summed E-state index contributed by atoms with van der Waals surface area (Å²) in [5.74, 6) is 1.02. The zero-order valence-corrected chi connectivity index (χ0v) is 15.2. The lowest BCUT2D eigenvalue weighted by atomic mass is 10.2. The van der Waals surface area contributed by atoms with E-state index in [1.807, 2.05) is 24.3 Å². The zero-order valence-electron chi connectivity index (χ0n) is 14.4. The summed E-state index contributed by atoms with van der Waals surface area (Å²) in [5.41, 5.74) is 1.68. The molecular formula is C18H18N4O4S. The van der Waals surface area contributed by atoms with Gasteiger partial charge in [-0.3, -0.25) is 0 Å². The molecule has 8 nitrogen and oxygen atoms in total. The number of nitrogens with one attached hydrogen (secondary N) is 1. The van der Waals surface area contributed by atoms with Crippen molar-refractivity contribution >= 4 is 10.0 Å². The van der Waals surface area contributed by atoms with Crippen LogP contribution in [-0.2, 0) is 16.6 Å². The van der Waals surface area contributed by atoms with Gasteiger partial charge in [0.05, 0.1) is 23.8 Å². The average Bonchev–Trinajstić information content (AvgIpc) is 3.12. The number of benzene rings is 2. The SMILES string of the molecule is O=S(=O)(NCc1ccc(-n2cncn2)cc1)c1ccc2c(c1)OCCCO2. The Morgan fingerprint density at radius 1 is 1.04 bits per heavy atom. The molecule has 0 fully saturated rings. The van der Waals surface area contributed by atoms with E-state index in [4.69, 9.17) is 9.47 Å². The Labute approximate surface area is 156 Å². The van der Waals surface area contributed by atoms with Gasteiger partial charge < -0.3 is 9.47 Å². The standard InChI is InChI=1S/C18H18N4O4S/c23-27(24,16-6-7-17-18(10-16)26-9-1-8-25-17)21-11-14-2-4-15(5-3-14)22-13-19-12-20-22/h2-7,10,12-13,21H,1,8-9,11H2. The van der Waals surface area contributed by atoms with Crippen LogP contribution >= 0.6 is 0 Å². The van der Waals surface area contributed by atoms with Crippen LogP contribution in [0, 0.1) is 0 Å². The van der Waals surface area contributed by atoms with Crippen molar-refractivity contribution in [1.82, 2.24) is 19.5 Å². The lowest BCUT2D eigenvalue weighted by Gasteiger charge is -2.11. The van der Waals surface area contributed by atoms with Gasteiger partial charge in [0.2, 0.25) is 10.0 Å². The lowest BCUT2D eigenvalue weighted by molar-refractivity contribution is 0.297. The van der Waals surface area contributed by atoms with Gasteiger partial charge in [-0.15, -0.1) is 0 Å². The van der Waals surface area contributed by atoms with E-state index in [9.17, 15) is 8.42 Å². The number of sulfonamides is 1. The minimum Gasteiger partial charge on any atom is -0.490 e. The minimum absolute atomic E-state index is 0.144. The molecule has 0 bridgehead atoms. The number of hydrogen-bond acceptors (Lipinski definition) is 6. The molecule has 2 aromatic carbocycles. The molecule has 0 radical (unpaired) electrons. The Balaban J connectivity index is 1.46. The Bertz CT molecular complexity index is 1020. The Hall–Kier alpha value is -2.91. The number of hydrogen-bond donors (Lipinski definition) is 1. The van der Waals surface area contributed by atoms with Crippen LogP contribution < -0.4 is 14.2 Å². The number of aromatic nitrogens is 3. The predicted octanol–water partition coefficient (Wildman–Crippen LogP) is 1.91. The minimum atomic E-state index is -3.67. The highest BCUT2D eigenvalue weighted by Crippen LogP contribution is 2.31. The van der Waals surface area contributed by atoms with Crippen molar-refractivity contribution in [2.75, 3.05) is 13.2 Å². The van der Waals surface area contributed by atoms with Gasteiger partial charge in [-0.25, -0.2) is 22.8 Å². The van der Waals surface area contributed by atoms with Crippen LogP contribution in [0.15, 0.2) is 60.0 Å². The van der Waals surface area contributed by atoms with E-state index >= 15 is 0 Å². The normalized spacial score (nSPS) is 13.9.